The molecule has 0 aliphatic heterocycles. The van der Waals surface area contributed by atoms with Crippen molar-refractivity contribution in [3.63, 3.8) is 0 Å². The lowest BCUT2D eigenvalue weighted by molar-refractivity contribution is -0.193. The fourth-order valence-electron chi connectivity index (χ4n) is 8.51. The van der Waals surface area contributed by atoms with E-state index in [1.807, 2.05) is 13.8 Å². The maximum atomic E-state index is 12.1. The molecule has 0 bridgehead atoms. The first kappa shape index (κ1) is 21.8. The summed E-state index contributed by atoms with van der Waals surface area (Å²) >= 11 is 0. The summed E-state index contributed by atoms with van der Waals surface area (Å²) in [4.78, 5) is 12.1. The fraction of sp³-hybridized carbons (Fsp3) is 0.962. The highest BCUT2D eigenvalue weighted by Gasteiger charge is 2.64. The Morgan fingerprint density at radius 3 is 2.38 bits per heavy atom. The van der Waals surface area contributed by atoms with E-state index in [1.165, 1.54) is 38.5 Å². The average Bonchev–Trinajstić information content (AvgIpc) is 2.96. The average molecular weight is 405 g/mol. The molecule has 4 saturated carbocycles. The van der Waals surface area contributed by atoms with Crippen molar-refractivity contribution in [3.05, 3.63) is 0 Å². The van der Waals surface area contributed by atoms with Crippen molar-refractivity contribution < 1.29 is 14.6 Å². The van der Waals surface area contributed by atoms with Gasteiger partial charge in [0, 0.05) is 5.92 Å². The number of aliphatic hydroxyl groups is 1. The van der Waals surface area contributed by atoms with Crippen LogP contribution in [0.15, 0.2) is 0 Å². The van der Waals surface area contributed by atoms with Gasteiger partial charge >= 0.3 is 0 Å². The highest BCUT2D eigenvalue weighted by atomic mass is 16.5. The third-order valence-electron chi connectivity index (χ3n) is 10.6. The van der Waals surface area contributed by atoms with Crippen LogP contribution in [0, 0.1) is 39.9 Å². The van der Waals surface area contributed by atoms with E-state index in [0.717, 1.165) is 37.0 Å². The van der Waals surface area contributed by atoms with Gasteiger partial charge in [-0.3, -0.25) is 4.79 Å². The van der Waals surface area contributed by atoms with Gasteiger partial charge in [-0.15, -0.1) is 0 Å². The normalized spacial score (nSPS) is 52.0. The predicted molar refractivity (Wildman–Crippen MR) is 117 cm³/mol. The second-order valence-electron chi connectivity index (χ2n) is 12.6. The monoisotopic (exact) mass is 404 g/mol. The van der Waals surface area contributed by atoms with E-state index in [4.69, 9.17) is 4.74 Å². The Kier molecular flexibility index (Phi) is 5.30. The number of carbonyl (C=O) groups excluding carboxylic acids is 1. The zero-order valence-electron chi connectivity index (χ0n) is 19.7. The van der Waals surface area contributed by atoms with Crippen LogP contribution in [0.5, 0.6) is 0 Å². The third-order valence-corrected chi connectivity index (χ3v) is 10.6. The zero-order chi connectivity index (χ0) is 21.2. The highest BCUT2D eigenvalue weighted by molar-refractivity contribution is 5.81. The molecule has 3 nitrogen and oxygen atoms in total. The maximum Gasteiger partial charge on any atom is 0.160 e. The Morgan fingerprint density at radius 2 is 1.69 bits per heavy atom. The summed E-state index contributed by atoms with van der Waals surface area (Å²) in [5, 5.41) is 10.8. The molecule has 0 radical (unpaired) electrons. The van der Waals surface area contributed by atoms with Gasteiger partial charge in [0.1, 0.15) is 6.61 Å². The maximum absolute atomic E-state index is 12.1. The lowest BCUT2D eigenvalue weighted by atomic mass is 9.39. The number of fused-ring (bicyclic) bond motifs is 5. The van der Waals surface area contributed by atoms with Crippen LogP contribution in [0.25, 0.3) is 0 Å². The molecule has 4 fully saturated rings. The van der Waals surface area contributed by atoms with Crippen LogP contribution in [0.1, 0.15) is 99.3 Å². The number of ether oxygens (including phenoxy) is 1. The second kappa shape index (κ2) is 7.05. The Balaban J connectivity index is 1.52. The lowest BCUT2D eigenvalue weighted by Crippen LogP contribution is -2.60. The quantitative estimate of drug-likeness (QED) is 0.646. The Morgan fingerprint density at radius 1 is 0.966 bits per heavy atom. The number of rotatable bonds is 4. The van der Waals surface area contributed by atoms with Crippen molar-refractivity contribution in [3.8, 4) is 0 Å². The van der Waals surface area contributed by atoms with Crippen molar-refractivity contribution in [1.29, 1.82) is 0 Å². The molecular weight excluding hydrogens is 360 g/mol. The molecule has 0 aromatic carbocycles. The SMILES string of the molecule is CC(C)C(=O)CO[C@H]1CCC2C3CC[C@@]4(C)C[C@@](C)(O)CC[C@]4(C)C3CC[C@@]21C. The molecule has 3 unspecified atom stereocenters. The highest BCUT2D eigenvalue weighted by Crippen LogP contribution is 2.70. The number of carbonyl (C=O) groups is 1. The van der Waals surface area contributed by atoms with E-state index < -0.39 is 5.60 Å². The smallest absolute Gasteiger partial charge is 0.160 e. The van der Waals surface area contributed by atoms with Crippen LogP contribution >= 0.6 is 0 Å². The molecule has 4 aliphatic rings. The molecule has 0 saturated heterocycles. The van der Waals surface area contributed by atoms with Crippen LogP contribution in [0.2, 0.25) is 0 Å². The Hall–Kier alpha value is -0.410. The summed E-state index contributed by atoms with van der Waals surface area (Å²) < 4.78 is 6.27. The van der Waals surface area contributed by atoms with Gasteiger partial charge in [0.05, 0.1) is 11.7 Å². The van der Waals surface area contributed by atoms with Crippen LogP contribution < -0.4 is 0 Å². The minimum Gasteiger partial charge on any atom is -0.390 e. The van der Waals surface area contributed by atoms with Gasteiger partial charge in [0.2, 0.25) is 0 Å². The number of hydrogen-bond donors (Lipinski definition) is 1. The summed E-state index contributed by atoms with van der Waals surface area (Å²) in [6.45, 7) is 13.8. The van der Waals surface area contributed by atoms with E-state index in [0.29, 0.717) is 12.0 Å². The van der Waals surface area contributed by atoms with E-state index in [1.54, 1.807) is 0 Å². The van der Waals surface area contributed by atoms with Crippen molar-refractivity contribution >= 4 is 5.78 Å². The molecule has 0 aromatic heterocycles. The minimum absolute atomic E-state index is 0.0650. The van der Waals surface area contributed by atoms with Gasteiger partial charge in [-0.2, -0.15) is 0 Å². The van der Waals surface area contributed by atoms with Crippen LogP contribution in [-0.2, 0) is 9.53 Å². The first-order valence-electron chi connectivity index (χ1n) is 12.3. The van der Waals surface area contributed by atoms with Crippen LogP contribution in [0.3, 0.4) is 0 Å². The topological polar surface area (TPSA) is 46.5 Å². The standard InChI is InChI=1S/C26H44O3/c1-17(2)21(27)15-29-22-8-7-19-18-9-11-23(3)16-24(4,28)13-14-26(23,6)20(18)10-12-25(19,22)5/h17-20,22,28H,7-16H2,1-6H3/t18?,19?,20?,22-,23-,24-,25-,26+/m0/s1. The molecule has 0 aromatic rings. The summed E-state index contributed by atoms with van der Waals surface area (Å²) in [6, 6.07) is 0. The van der Waals surface area contributed by atoms with E-state index >= 15 is 0 Å². The summed E-state index contributed by atoms with van der Waals surface area (Å²) in [7, 11) is 0. The fourth-order valence-corrected chi connectivity index (χ4v) is 8.51. The van der Waals surface area contributed by atoms with Gasteiger partial charge in [-0.1, -0.05) is 34.6 Å². The van der Waals surface area contributed by atoms with E-state index in [9.17, 15) is 9.90 Å². The summed E-state index contributed by atoms with van der Waals surface area (Å²) in [5.74, 6) is 2.62. The molecule has 0 heterocycles. The molecule has 166 valence electrons. The molecule has 0 spiro atoms. The molecule has 1 N–H and O–H groups in total. The van der Waals surface area contributed by atoms with E-state index in [2.05, 4.69) is 27.7 Å². The van der Waals surface area contributed by atoms with Crippen LogP contribution in [-0.4, -0.2) is 29.2 Å². The summed E-state index contributed by atoms with van der Waals surface area (Å²) in [5.41, 5.74) is 0.371. The van der Waals surface area contributed by atoms with Gasteiger partial charge in [-0.25, -0.2) is 0 Å². The Labute approximate surface area is 178 Å². The first-order chi connectivity index (χ1) is 13.4. The van der Waals surface area contributed by atoms with Crippen molar-refractivity contribution in [2.75, 3.05) is 6.61 Å². The van der Waals surface area contributed by atoms with E-state index in [-0.39, 0.29) is 28.6 Å². The van der Waals surface area contributed by atoms with Gasteiger partial charge in [0.15, 0.2) is 5.78 Å². The molecule has 3 heteroatoms. The number of ketones is 1. The second-order valence-corrected chi connectivity index (χ2v) is 12.6. The van der Waals surface area contributed by atoms with Crippen molar-refractivity contribution in [2.45, 2.75) is 111 Å². The van der Waals surface area contributed by atoms with Crippen molar-refractivity contribution in [2.24, 2.45) is 39.9 Å². The number of Topliss-reactive ketones (excluding diaryl/α,β-unsaturated/α-hetero) is 1. The number of hydrogen-bond acceptors (Lipinski definition) is 3. The molecule has 4 aliphatic carbocycles. The van der Waals surface area contributed by atoms with Gasteiger partial charge < -0.3 is 9.84 Å². The van der Waals surface area contributed by atoms with Crippen LogP contribution in [0.4, 0.5) is 0 Å². The van der Waals surface area contributed by atoms with Gasteiger partial charge in [-0.05, 0) is 98.7 Å². The largest absolute Gasteiger partial charge is 0.390 e. The molecule has 8 atom stereocenters. The minimum atomic E-state index is -0.487. The zero-order valence-corrected chi connectivity index (χ0v) is 19.7. The first-order valence-corrected chi connectivity index (χ1v) is 12.3. The molecule has 29 heavy (non-hydrogen) atoms. The lowest BCUT2D eigenvalue weighted by Gasteiger charge is -2.66. The van der Waals surface area contributed by atoms with Gasteiger partial charge in [0.25, 0.3) is 0 Å². The summed E-state index contributed by atoms with van der Waals surface area (Å²) in [6.07, 6.45) is 10.8. The van der Waals surface area contributed by atoms with Crippen molar-refractivity contribution in [1.82, 2.24) is 0 Å². The molecular formula is C26H44O3. The predicted octanol–water partition coefficient (Wildman–Crippen LogP) is 5.78. The third kappa shape index (κ3) is 3.34. The Bertz CT molecular complexity index is 654. The molecule has 0 amide bonds. The molecule has 4 rings (SSSR count).